The number of hydrogen-bond acceptors (Lipinski definition) is 8. The van der Waals surface area contributed by atoms with Crippen LogP contribution in [-0.2, 0) is 39.5 Å². The number of H-pyrrole nitrogens is 1. The number of hydrogen-bond donors (Lipinski definition) is 4. The topological polar surface area (TPSA) is 153 Å². The minimum absolute atomic E-state index is 0.0250. The second kappa shape index (κ2) is 12.2. The van der Waals surface area contributed by atoms with Gasteiger partial charge in [0.15, 0.2) is 0 Å². The summed E-state index contributed by atoms with van der Waals surface area (Å²) in [5, 5.41) is 7.22. The van der Waals surface area contributed by atoms with Crippen molar-refractivity contribution in [3.05, 3.63) is 71.4 Å². The van der Waals surface area contributed by atoms with Crippen LogP contribution in [-0.4, -0.2) is 60.5 Å². The van der Waals surface area contributed by atoms with Gasteiger partial charge in [-0.25, -0.2) is 0 Å². The Kier molecular flexibility index (Phi) is 8.68. The van der Waals surface area contributed by atoms with Crippen molar-refractivity contribution in [1.29, 1.82) is 0 Å². The third-order valence-electron chi connectivity index (χ3n) is 9.18. The maximum Gasteiger partial charge on any atom is 0.328 e. The van der Waals surface area contributed by atoms with E-state index < -0.39 is 46.2 Å². The Hall–Kier alpha value is -4.02. The predicted octanol–water partition coefficient (Wildman–Crippen LogP) is 3.34. The van der Waals surface area contributed by atoms with Gasteiger partial charge >= 0.3 is 11.9 Å². The lowest BCUT2D eigenvalue weighted by molar-refractivity contribution is -0.171. The molecule has 1 spiro atoms. The highest BCUT2D eigenvalue weighted by atomic mass is 16.6. The zero-order valence-corrected chi connectivity index (χ0v) is 25.8. The molecule has 0 bridgehead atoms. The van der Waals surface area contributed by atoms with Crippen molar-refractivity contribution in [2.45, 2.75) is 69.4 Å². The third kappa shape index (κ3) is 5.09. The Balaban J connectivity index is 1.70. The molecule has 10 heteroatoms. The molecule has 5 rings (SSSR count). The summed E-state index contributed by atoms with van der Waals surface area (Å²) in [6.07, 6.45) is 2.65. The van der Waals surface area contributed by atoms with E-state index in [1.54, 1.807) is 46.0 Å². The molecule has 1 aliphatic carbocycles. The van der Waals surface area contributed by atoms with Crippen molar-refractivity contribution in [2.24, 2.45) is 11.7 Å². The lowest BCUT2D eigenvalue weighted by atomic mass is 9.60. The minimum atomic E-state index is -2.00. The van der Waals surface area contributed by atoms with E-state index >= 15 is 4.79 Å². The molecule has 1 saturated heterocycles. The number of Topliss-reactive ketones (excluding diaryl/α,β-unsaturated/α-hetero) is 1. The van der Waals surface area contributed by atoms with Crippen molar-refractivity contribution in [1.82, 2.24) is 15.6 Å². The molecular formula is C34H42N4O6. The van der Waals surface area contributed by atoms with Gasteiger partial charge in [0.25, 0.3) is 0 Å². The minimum Gasteiger partial charge on any atom is -0.465 e. The number of ketones is 1. The first-order valence-corrected chi connectivity index (χ1v) is 15.4. The number of benzene rings is 2. The molecule has 2 aliphatic rings. The van der Waals surface area contributed by atoms with E-state index in [4.69, 9.17) is 15.2 Å². The van der Waals surface area contributed by atoms with Crippen LogP contribution in [0.3, 0.4) is 0 Å². The fourth-order valence-corrected chi connectivity index (χ4v) is 7.28. The van der Waals surface area contributed by atoms with E-state index in [9.17, 15) is 14.4 Å². The van der Waals surface area contributed by atoms with Crippen molar-refractivity contribution in [3.63, 3.8) is 0 Å². The van der Waals surface area contributed by atoms with Gasteiger partial charge in [0, 0.05) is 34.5 Å². The maximum atomic E-state index is 15.1. The average Bonchev–Trinajstić information content (AvgIpc) is 3.53. The zero-order chi connectivity index (χ0) is 31.7. The monoisotopic (exact) mass is 602 g/mol. The van der Waals surface area contributed by atoms with Crippen molar-refractivity contribution >= 4 is 34.5 Å². The van der Waals surface area contributed by atoms with Gasteiger partial charge in [-0.15, -0.1) is 0 Å². The normalized spacial score (nSPS) is 19.2. The first kappa shape index (κ1) is 31.4. The van der Waals surface area contributed by atoms with Crippen LogP contribution in [0.2, 0.25) is 0 Å². The summed E-state index contributed by atoms with van der Waals surface area (Å²) in [5.41, 5.74) is 4.91. The highest BCUT2D eigenvalue weighted by molar-refractivity contribution is 6.13. The highest BCUT2D eigenvalue weighted by Crippen LogP contribution is 2.60. The lowest BCUT2D eigenvalue weighted by Gasteiger charge is -2.43. The highest BCUT2D eigenvalue weighted by Gasteiger charge is 2.71. The summed E-state index contributed by atoms with van der Waals surface area (Å²) < 4.78 is 11.2. The molecule has 1 unspecified atom stereocenters. The van der Waals surface area contributed by atoms with E-state index in [1.165, 1.54) is 0 Å². The van der Waals surface area contributed by atoms with Crippen molar-refractivity contribution < 1.29 is 28.7 Å². The first-order valence-electron chi connectivity index (χ1n) is 15.4. The number of piperidine rings is 1. The number of esters is 2. The molecule has 1 aliphatic heterocycles. The Morgan fingerprint density at radius 3 is 2.16 bits per heavy atom. The molecule has 1 aromatic heterocycles. The van der Waals surface area contributed by atoms with Crippen LogP contribution >= 0.6 is 0 Å². The molecule has 1 amide bonds. The van der Waals surface area contributed by atoms with Gasteiger partial charge in [-0.1, -0.05) is 42.5 Å². The number of fused-ring (bicyclic) bond motifs is 3. The molecule has 234 valence electrons. The summed E-state index contributed by atoms with van der Waals surface area (Å²) in [6.45, 7) is 7.79. The van der Waals surface area contributed by atoms with E-state index in [2.05, 4.69) is 15.6 Å². The number of nitrogens with two attached hydrogens (primary N) is 1. The van der Waals surface area contributed by atoms with Crippen LogP contribution < -0.4 is 16.4 Å². The van der Waals surface area contributed by atoms with Gasteiger partial charge in [0.2, 0.25) is 11.3 Å². The summed E-state index contributed by atoms with van der Waals surface area (Å²) in [6, 6.07) is 14.1. The fourth-order valence-electron chi connectivity index (χ4n) is 7.28. The first-order chi connectivity index (χ1) is 21.0. The van der Waals surface area contributed by atoms with Gasteiger partial charge in [0.1, 0.15) is 5.78 Å². The summed E-state index contributed by atoms with van der Waals surface area (Å²) >= 11 is 0. The average molecular weight is 603 g/mol. The number of amides is 1. The number of carbonyl (C=O) groups is 4. The van der Waals surface area contributed by atoms with E-state index in [0.717, 1.165) is 16.5 Å². The van der Waals surface area contributed by atoms with E-state index in [1.807, 2.05) is 36.4 Å². The van der Waals surface area contributed by atoms with Crippen molar-refractivity contribution in [3.8, 4) is 0 Å². The number of ether oxygens (including phenoxy) is 2. The van der Waals surface area contributed by atoms with Crippen LogP contribution in [0.15, 0.2) is 54.7 Å². The van der Waals surface area contributed by atoms with E-state index in [0.29, 0.717) is 37.1 Å². The summed E-state index contributed by atoms with van der Waals surface area (Å²) in [4.78, 5) is 60.0. The van der Waals surface area contributed by atoms with Gasteiger partial charge in [-0.2, -0.15) is 0 Å². The molecule has 10 nitrogen and oxygen atoms in total. The molecule has 5 N–H and O–H groups in total. The number of aromatic amines is 1. The van der Waals surface area contributed by atoms with Crippen LogP contribution in [0, 0.1) is 5.92 Å². The Morgan fingerprint density at radius 2 is 1.55 bits per heavy atom. The number of nitrogens with one attached hydrogen (secondary N) is 3. The standard InChI is InChI=1S/C34H42N4O6/c1-5-43-30(41)34(31(42)44-6-2)24-13-9-8-12-23(24)33(15-17-36-18-16-33)28(34)27(39)19-26(38-29(40)32(3,4)35)22-20-37-25-14-10-7-11-21(22)25/h7-14,20,26,28,36-37H,5-6,15-19,35H2,1-4H3,(H,38,40)/t26?,28-/m1/s1. The zero-order valence-electron chi connectivity index (χ0n) is 25.8. The third-order valence-corrected chi connectivity index (χ3v) is 9.18. The molecule has 1 fully saturated rings. The van der Waals surface area contributed by atoms with E-state index in [-0.39, 0.29) is 25.4 Å². The lowest BCUT2D eigenvalue weighted by Crippen LogP contribution is -2.58. The van der Waals surface area contributed by atoms with Crippen LogP contribution in [0.4, 0.5) is 0 Å². The molecule has 2 aromatic carbocycles. The summed E-state index contributed by atoms with van der Waals surface area (Å²) in [7, 11) is 0. The Morgan fingerprint density at radius 1 is 0.955 bits per heavy atom. The van der Waals surface area contributed by atoms with Crippen molar-refractivity contribution in [2.75, 3.05) is 26.3 Å². The van der Waals surface area contributed by atoms with Gasteiger partial charge < -0.3 is 30.8 Å². The summed E-state index contributed by atoms with van der Waals surface area (Å²) in [5.74, 6) is -3.49. The fraction of sp³-hybridized carbons (Fsp3) is 0.471. The Bertz CT molecular complexity index is 1550. The van der Waals surface area contributed by atoms with Gasteiger partial charge in [-0.3, -0.25) is 19.2 Å². The molecule has 0 radical (unpaired) electrons. The second-order valence-electron chi connectivity index (χ2n) is 12.3. The largest absolute Gasteiger partial charge is 0.465 e. The van der Waals surface area contributed by atoms with Gasteiger partial charge in [0.05, 0.1) is 30.7 Å². The van der Waals surface area contributed by atoms with Crippen LogP contribution in [0.5, 0.6) is 0 Å². The quantitative estimate of drug-likeness (QED) is 0.204. The number of carbonyl (C=O) groups excluding carboxylic acids is 4. The second-order valence-corrected chi connectivity index (χ2v) is 12.3. The molecule has 2 heterocycles. The number of rotatable bonds is 10. The molecule has 44 heavy (non-hydrogen) atoms. The smallest absolute Gasteiger partial charge is 0.328 e. The molecule has 3 aromatic rings. The van der Waals surface area contributed by atoms with Crippen LogP contribution in [0.1, 0.15) is 69.7 Å². The molecule has 0 saturated carbocycles. The van der Waals surface area contributed by atoms with Crippen LogP contribution in [0.25, 0.3) is 10.9 Å². The molecular weight excluding hydrogens is 560 g/mol. The van der Waals surface area contributed by atoms with Gasteiger partial charge in [-0.05, 0) is 70.8 Å². The maximum absolute atomic E-state index is 15.1. The SMILES string of the molecule is CCOC(=O)C1(C(=O)OCC)c2ccccc2C2(CCNCC2)[C@H]1C(=O)CC(NC(=O)C(C)(C)N)c1c[nH]c2ccccc12. The number of para-hydroxylation sites is 1. The predicted molar refractivity (Wildman–Crippen MR) is 166 cm³/mol. The Labute approximate surface area is 257 Å². The number of aromatic nitrogens is 1. The molecule has 2 atom stereocenters.